The number of aromatic nitrogens is 4. The Balaban J connectivity index is 1.49. The predicted molar refractivity (Wildman–Crippen MR) is 83.9 cm³/mol. The van der Waals surface area contributed by atoms with E-state index in [1.807, 2.05) is 0 Å². The summed E-state index contributed by atoms with van der Waals surface area (Å²) in [5.74, 6) is 2.21. The third kappa shape index (κ3) is 3.69. The first-order chi connectivity index (χ1) is 10.8. The number of aryl methyl sites for hydroxylation is 1. The second-order valence-electron chi connectivity index (χ2n) is 5.51. The Labute approximate surface area is 130 Å². The van der Waals surface area contributed by atoms with Crippen LogP contribution in [-0.2, 0) is 6.42 Å². The molecule has 0 aliphatic carbocycles. The lowest BCUT2D eigenvalue weighted by Crippen LogP contribution is -2.36. The van der Waals surface area contributed by atoms with E-state index in [2.05, 4.69) is 37.8 Å². The van der Waals surface area contributed by atoms with Gasteiger partial charge in [-0.3, -0.25) is 4.98 Å². The number of rotatable bonds is 5. The number of anilines is 1. The molecule has 0 radical (unpaired) electrons. The SMILES string of the molecule is CCc1cc(N2CCC(COc3cnccn3)CC2)ncn1. The second-order valence-corrected chi connectivity index (χ2v) is 5.51. The van der Waals surface area contributed by atoms with Gasteiger partial charge in [-0.1, -0.05) is 6.92 Å². The molecule has 1 saturated heterocycles. The molecule has 6 nitrogen and oxygen atoms in total. The summed E-state index contributed by atoms with van der Waals surface area (Å²) in [4.78, 5) is 19.1. The Hall–Kier alpha value is -2.24. The molecule has 1 fully saturated rings. The van der Waals surface area contributed by atoms with E-state index in [9.17, 15) is 0 Å². The van der Waals surface area contributed by atoms with Crippen molar-refractivity contribution in [2.24, 2.45) is 5.92 Å². The van der Waals surface area contributed by atoms with Gasteiger partial charge in [0, 0.05) is 37.2 Å². The molecule has 0 unspecified atom stereocenters. The molecule has 0 aromatic carbocycles. The van der Waals surface area contributed by atoms with Crippen LogP contribution in [0.5, 0.6) is 5.88 Å². The van der Waals surface area contributed by atoms with Crippen molar-refractivity contribution in [3.63, 3.8) is 0 Å². The van der Waals surface area contributed by atoms with Gasteiger partial charge in [-0.05, 0) is 25.2 Å². The largest absolute Gasteiger partial charge is 0.476 e. The average molecular weight is 299 g/mol. The van der Waals surface area contributed by atoms with Crippen molar-refractivity contribution in [2.75, 3.05) is 24.6 Å². The van der Waals surface area contributed by atoms with E-state index in [1.54, 1.807) is 24.9 Å². The molecule has 0 atom stereocenters. The highest BCUT2D eigenvalue weighted by atomic mass is 16.5. The maximum atomic E-state index is 5.71. The summed E-state index contributed by atoms with van der Waals surface area (Å²) in [6, 6.07) is 2.09. The number of hydrogen-bond donors (Lipinski definition) is 0. The van der Waals surface area contributed by atoms with E-state index < -0.39 is 0 Å². The van der Waals surface area contributed by atoms with Crippen LogP contribution < -0.4 is 9.64 Å². The Kier molecular flexibility index (Phi) is 4.78. The fourth-order valence-corrected chi connectivity index (χ4v) is 2.64. The maximum absolute atomic E-state index is 5.71. The van der Waals surface area contributed by atoms with E-state index in [0.29, 0.717) is 18.4 Å². The normalized spacial score (nSPS) is 15.8. The highest BCUT2D eigenvalue weighted by Gasteiger charge is 2.21. The van der Waals surface area contributed by atoms with Crippen LogP contribution in [0.15, 0.2) is 31.0 Å². The standard InChI is InChI=1S/C16H21N5O/c1-2-14-9-15(20-12-19-14)21-7-3-13(4-8-21)11-22-16-10-17-5-6-18-16/h5-6,9-10,12-13H,2-4,7-8,11H2,1H3. The van der Waals surface area contributed by atoms with Crippen LogP contribution in [0.25, 0.3) is 0 Å². The summed E-state index contributed by atoms with van der Waals surface area (Å²) in [6.45, 7) is 4.84. The van der Waals surface area contributed by atoms with Gasteiger partial charge in [0.1, 0.15) is 12.1 Å². The molecule has 2 aromatic heterocycles. The van der Waals surface area contributed by atoms with Crippen molar-refractivity contribution in [3.05, 3.63) is 36.7 Å². The summed E-state index contributed by atoms with van der Waals surface area (Å²) >= 11 is 0. The Morgan fingerprint density at radius 1 is 1.18 bits per heavy atom. The van der Waals surface area contributed by atoms with Crippen molar-refractivity contribution in [1.29, 1.82) is 0 Å². The minimum atomic E-state index is 0.561. The molecule has 3 heterocycles. The van der Waals surface area contributed by atoms with Crippen molar-refractivity contribution < 1.29 is 4.74 Å². The number of hydrogen-bond acceptors (Lipinski definition) is 6. The van der Waals surface area contributed by atoms with Gasteiger partial charge >= 0.3 is 0 Å². The van der Waals surface area contributed by atoms with Gasteiger partial charge in [-0.2, -0.15) is 0 Å². The van der Waals surface area contributed by atoms with Gasteiger partial charge in [-0.25, -0.2) is 15.0 Å². The van der Waals surface area contributed by atoms with Crippen LogP contribution in [0, 0.1) is 5.92 Å². The third-order valence-electron chi connectivity index (χ3n) is 4.02. The quantitative estimate of drug-likeness (QED) is 0.842. The molecular formula is C16H21N5O. The Morgan fingerprint density at radius 3 is 2.77 bits per heavy atom. The summed E-state index contributed by atoms with van der Waals surface area (Å²) in [7, 11) is 0. The molecular weight excluding hydrogens is 278 g/mol. The van der Waals surface area contributed by atoms with Crippen LogP contribution in [0.2, 0.25) is 0 Å². The number of ether oxygens (including phenoxy) is 1. The average Bonchev–Trinajstić information content (AvgIpc) is 2.61. The zero-order chi connectivity index (χ0) is 15.2. The lowest BCUT2D eigenvalue weighted by Gasteiger charge is -2.32. The van der Waals surface area contributed by atoms with Crippen LogP contribution in [0.3, 0.4) is 0 Å². The van der Waals surface area contributed by atoms with Crippen LogP contribution >= 0.6 is 0 Å². The number of nitrogens with zero attached hydrogens (tertiary/aromatic N) is 5. The fraction of sp³-hybridized carbons (Fsp3) is 0.500. The molecule has 0 amide bonds. The zero-order valence-electron chi connectivity index (χ0n) is 12.9. The summed E-state index contributed by atoms with van der Waals surface area (Å²) in [5.41, 5.74) is 1.10. The minimum Gasteiger partial charge on any atom is -0.476 e. The lowest BCUT2D eigenvalue weighted by molar-refractivity contribution is 0.215. The van der Waals surface area contributed by atoms with Crippen molar-refractivity contribution in [2.45, 2.75) is 26.2 Å². The molecule has 116 valence electrons. The van der Waals surface area contributed by atoms with Crippen LogP contribution in [0.1, 0.15) is 25.5 Å². The monoisotopic (exact) mass is 299 g/mol. The van der Waals surface area contributed by atoms with Crippen LogP contribution in [0.4, 0.5) is 5.82 Å². The molecule has 0 saturated carbocycles. The Morgan fingerprint density at radius 2 is 2.05 bits per heavy atom. The van der Waals surface area contributed by atoms with Crippen molar-refractivity contribution in [1.82, 2.24) is 19.9 Å². The molecule has 3 rings (SSSR count). The lowest BCUT2D eigenvalue weighted by atomic mass is 9.98. The molecule has 2 aromatic rings. The maximum Gasteiger partial charge on any atom is 0.232 e. The first-order valence-electron chi connectivity index (χ1n) is 7.80. The first kappa shape index (κ1) is 14.7. The third-order valence-corrected chi connectivity index (χ3v) is 4.02. The van der Waals surface area contributed by atoms with Crippen LogP contribution in [-0.4, -0.2) is 39.6 Å². The zero-order valence-corrected chi connectivity index (χ0v) is 12.9. The fourth-order valence-electron chi connectivity index (χ4n) is 2.64. The van der Waals surface area contributed by atoms with Gasteiger partial charge in [0.2, 0.25) is 5.88 Å². The number of piperidine rings is 1. The van der Waals surface area contributed by atoms with Crippen molar-refractivity contribution in [3.8, 4) is 5.88 Å². The van der Waals surface area contributed by atoms with E-state index in [4.69, 9.17) is 4.74 Å². The molecule has 0 spiro atoms. The van der Waals surface area contributed by atoms with Crippen molar-refractivity contribution >= 4 is 5.82 Å². The van der Waals surface area contributed by atoms with Gasteiger partial charge in [0.05, 0.1) is 12.8 Å². The topological polar surface area (TPSA) is 64.0 Å². The van der Waals surface area contributed by atoms with Gasteiger partial charge in [-0.15, -0.1) is 0 Å². The van der Waals surface area contributed by atoms with E-state index in [1.165, 1.54) is 0 Å². The molecule has 0 N–H and O–H groups in total. The van der Waals surface area contributed by atoms with Gasteiger partial charge in [0.25, 0.3) is 0 Å². The second kappa shape index (κ2) is 7.15. The Bertz CT molecular complexity index is 584. The summed E-state index contributed by atoms with van der Waals surface area (Å²) in [6.07, 6.45) is 9.77. The van der Waals surface area contributed by atoms with Gasteiger partial charge in [0.15, 0.2) is 0 Å². The van der Waals surface area contributed by atoms with E-state index in [-0.39, 0.29) is 0 Å². The summed E-state index contributed by atoms with van der Waals surface area (Å²) < 4.78 is 5.71. The van der Waals surface area contributed by atoms with Gasteiger partial charge < -0.3 is 9.64 Å². The van der Waals surface area contributed by atoms with E-state index in [0.717, 1.165) is 43.9 Å². The molecule has 6 heteroatoms. The molecule has 1 aliphatic rings. The first-order valence-corrected chi connectivity index (χ1v) is 7.80. The molecule has 22 heavy (non-hydrogen) atoms. The molecule has 0 bridgehead atoms. The highest BCUT2D eigenvalue weighted by molar-refractivity contribution is 5.39. The highest BCUT2D eigenvalue weighted by Crippen LogP contribution is 2.22. The summed E-state index contributed by atoms with van der Waals surface area (Å²) in [5, 5.41) is 0. The molecule has 1 aliphatic heterocycles. The smallest absolute Gasteiger partial charge is 0.232 e. The minimum absolute atomic E-state index is 0.561. The predicted octanol–water partition coefficient (Wildman–Crippen LogP) is 2.12. The van der Waals surface area contributed by atoms with E-state index >= 15 is 0 Å².